The van der Waals surface area contributed by atoms with Gasteiger partial charge < -0.3 is 8.98 Å². The lowest BCUT2D eigenvalue weighted by atomic mass is 10.1. The maximum Gasteiger partial charge on any atom is 0.336 e. The molecule has 2 aromatic carbocycles. The van der Waals surface area contributed by atoms with Crippen LogP contribution in [0.1, 0.15) is 11.1 Å². The molecule has 0 fully saturated rings. The average Bonchev–Trinajstić information content (AvgIpc) is 3.00. The third-order valence-electron chi connectivity index (χ3n) is 4.29. The zero-order valence-electron chi connectivity index (χ0n) is 14.8. The van der Waals surface area contributed by atoms with E-state index in [-0.39, 0.29) is 5.63 Å². The van der Waals surface area contributed by atoms with Gasteiger partial charge in [-0.3, -0.25) is 0 Å². The SMILES string of the molecule is Cc1ccc2c(CSc3nnc(-c4ccccc4Cl)n3C)cc(=O)oc2c1. The third-order valence-corrected chi connectivity index (χ3v) is 5.69. The highest BCUT2D eigenvalue weighted by atomic mass is 35.5. The number of aromatic nitrogens is 3. The van der Waals surface area contributed by atoms with Crippen LogP contribution in [0.3, 0.4) is 0 Å². The predicted octanol–water partition coefficient (Wildman–Crippen LogP) is 4.84. The van der Waals surface area contributed by atoms with Crippen LogP contribution in [0.4, 0.5) is 0 Å². The maximum absolute atomic E-state index is 11.9. The Kier molecular flexibility index (Phi) is 4.76. The van der Waals surface area contributed by atoms with E-state index in [0.29, 0.717) is 22.2 Å². The highest BCUT2D eigenvalue weighted by molar-refractivity contribution is 7.98. The van der Waals surface area contributed by atoms with Crippen LogP contribution in [0.5, 0.6) is 0 Å². The summed E-state index contributed by atoms with van der Waals surface area (Å²) in [6.07, 6.45) is 0. The number of fused-ring (bicyclic) bond motifs is 1. The molecule has 0 aliphatic heterocycles. The lowest BCUT2D eigenvalue weighted by Gasteiger charge is -2.07. The smallest absolute Gasteiger partial charge is 0.336 e. The number of hydrogen-bond donors (Lipinski definition) is 0. The summed E-state index contributed by atoms with van der Waals surface area (Å²) >= 11 is 7.79. The zero-order chi connectivity index (χ0) is 19.0. The largest absolute Gasteiger partial charge is 0.423 e. The van der Waals surface area contributed by atoms with E-state index < -0.39 is 0 Å². The fourth-order valence-corrected chi connectivity index (χ4v) is 4.04. The van der Waals surface area contributed by atoms with E-state index in [1.165, 1.54) is 17.8 Å². The number of halogens is 1. The summed E-state index contributed by atoms with van der Waals surface area (Å²) in [6.45, 7) is 1.97. The molecule has 0 N–H and O–H groups in total. The first-order chi connectivity index (χ1) is 13.0. The van der Waals surface area contributed by atoms with Gasteiger partial charge in [0.25, 0.3) is 0 Å². The van der Waals surface area contributed by atoms with Gasteiger partial charge in [-0.2, -0.15) is 0 Å². The molecule has 0 saturated heterocycles. The Hall–Kier alpha value is -2.57. The summed E-state index contributed by atoms with van der Waals surface area (Å²) in [5.41, 5.74) is 3.05. The normalized spacial score (nSPS) is 11.2. The Balaban J connectivity index is 1.65. The van der Waals surface area contributed by atoms with E-state index in [0.717, 1.165) is 27.2 Å². The van der Waals surface area contributed by atoms with E-state index in [4.69, 9.17) is 16.0 Å². The highest BCUT2D eigenvalue weighted by Gasteiger charge is 2.14. The number of thioether (sulfide) groups is 1. The second-order valence-corrected chi connectivity index (χ2v) is 7.57. The van der Waals surface area contributed by atoms with Gasteiger partial charge in [-0.15, -0.1) is 10.2 Å². The first kappa shape index (κ1) is 17.8. The van der Waals surface area contributed by atoms with Crippen LogP contribution in [0, 0.1) is 6.92 Å². The Morgan fingerprint density at radius 2 is 1.96 bits per heavy atom. The predicted molar refractivity (Wildman–Crippen MR) is 108 cm³/mol. The molecular formula is C20H16ClN3O2S. The molecule has 4 aromatic rings. The summed E-state index contributed by atoms with van der Waals surface area (Å²) in [5, 5.41) is 10.9. The van der Waals surface area contributed by atoms with Crippen LogP contribution >= 0.6 is 23.4 Å². The van der Waals surface area contributed by atoms with Gasteiger partial charge in [0.1, 0.15) is 5.58 Å². The Morgan fingerprint density at radius 1 is 1.15 bits per heavy atom. The van der Waals surface area contributed by atoms with Crippen molar-refractivity contribution in [2.24, 2.45) is 7.05 Å². The molecule has 0 radical (unpaired) electrons. The number of aryl methyl sites for hydroxylation is 1. The lowest BCUT2D eigenvalue weighted by molar-refractivity contribution is 0.559. The van der Waals surface area contributed by atoms with Crippen LogP contribution < -0.4 is 5.63 Å². The number of nitrogens with zero attached hydrogens (tertiary/aromatic N) is 3. The monoisotopic (exact) mass is 397 g/mol. The molecule has 5 nitrogen and oxygen atoms in total. The molecule has 0 aliphatic rings. The van der Waals surface area contributed by atoms with Crippen molar-refractivity contribution in [2.75, 3.05) is 0 Å². The van der Waals surface area contributed by atoms with Gasteiger partial charge in [-0.1, -0.05) is 47.6 Å². The van der Waals surface area contributed by atoms with Crippen molar-refractivity contribution in [2.45, 2.75) is 17.8 Å². The molecule has 0 bridgehead atoms. The number of rotatable bonds is 4. The maximum atomic E-state index is 11.9. The van der Waals surface area contributed by atoms with Gasteiger partial charge in [0.15, 0.2) is 11.0 Å². The lowest BCUT2D eigenvalue weighted by Crippen LogP contribution is -2.01. The van der Waals surface area contributed by atoms with E-state index in [2.05, 4.69) is 10.2 Å². The van der Waals surface area contributed by atoms with Crippen LogP contribution in [0.25, 0.3) is 22.4 Å². The summed E-state index contributed by atoms with van der Waals surface area (Å²) in [7, 11) is 1.90. The van der Waals surface area contributed by atoms with E-state index in [9.17, 15) is 4.79 Å². The van der Waals surface area contributed by atoms with Crippen LogP contribution in [-0.2, 0) is 12.8 Å². The van der Waals surface area contributed by atoms with Crippen LogP contribution in [0.2, 0.25) is 5.02 Å². The molecular weight excluding hydrogens is 382 g/mol. The number of benzene rings is 2. The molecule has 2 aromatic heterocycles. The Morgan fingerprint density at radius 3 is 2.78 bits per heavy atom. The van der Waals surface area contributed by atoms with Gasteiger partial charge in [0.2, 0.25) is 0 Å². The molecule has 0 spiro atoms. The van der Waals surface area contributed by atoms with Crippen molar-refractivity contribution in [1.29, 1.82) is 0 Å². The molecule has 27 heavy (non-hydrogen) atoms. The highest BCUT2D eigenvalue weighted by Crippen LogP contribution is 2.30. The fourth-order valence-electron chi connectivity index (χ4n) is 2.92. The van der Waals surface area contributed by atoms with Gasteiger partial charge in [0.05, 0.1) is 5.02 Å². The first-order valence-electron chi connectivity index (χ1n) is 8.33. The van der Waals surface area contributed by atoms with Crippen molar-refractivity contribution in [1.82, 2.24) is 14.8 Å². The molecule has 136 valence electrons. The fraction of sp³-hybridized carbons (Fsp3) is 0.150. The van der Waals surface area contributed by atoms with Crippen molar-refractivity contribution in [3.05, 3.63) is 75.1 Å². The van der Waals surface area contributed by atoms with Crippen molar-refractivity contribution >= 4 is 34.3 Å². The minimum atomic E-state index is -0.349. The molecule has 0 atom stereocenters. The number of hydrogen-bond acceptors (Lipinski definition) is 5. The van der Waals surface area contributed by atoms with E-state index in [1.807, 2.05) is 61.0 Å². The molecule has 4 rings (SSSR count). The summed E-state index contributed by atoms with van der Waals surface area (Å²) in [6, 6.07) is 14.9. The minimum absolute atomic E-state index is 0.349. The molecule has 0 saturated carbocycles. The standard InChI is InChI=1S/C20H16ClN3O2S/c1-12-7-8-14-13(10-18(25)26-17(14)9-12)11-27-20-23-22-19(24(20)2)15-5-3-4-6-16(15)21/h3-10H,11H2,1-2H3. The topological polar surface area (TPSA) is 60.9 Å². The van der Waals surface area contributed by atoms with E-state index >= 15 is 0 Å². The minimum Gasteiger partial charge on any atom is -0.423 e. The summed E-state index contributed by atoms with van der Waals surface area (Å²) in [4.78, 5) is 11.9. The van der Waals surface area contributed by atoms with Gasteiger partial charge >= 0.3 is 5.63 Å². The Bertz CT molecular complexity index is 1200. The molecule has 7 heteroatoms. The summed E-state index contributed by atoms with van der Waals surface area (Å²) < 4.78 is 7.23. The van der Waals surface area contributed by atoms with Crippen molar-refractivity contribution in [3.8, 4) is 11.4 Å². The third kappa shape index (κ3) is 3.50. The van der Waals surface area contributed by atoms with Crippen LogP contribution in [-0.4, -0.2) is 14.8 Å². The average molecular weight is 398 g/mol. The second-order valence-electron chi connectivity index (χ2n) is 6.22. The van der Waals surface area contributed by atoms with E-state index in [1.54, 1.807) is 0 Å². The van der Waals surface area contributed by atoms with Gasteiger partial charge in [-0.25, -0.2) is 4.79 Å². The van der Waals surface area contributed by atoms with Crippen LogP contribution in [0.15, 0.2) is 62.9 Å². The van der Waals surface area contributed by atoms with Crippen molar-refractivity contribution in [3.63, 3.8) is 0 Å². The molecule has 0 amide bonds. The Labute approximate surface area is 165 Å². The van der Waals surface area contributed by atoms with Crippen molar-refractivity contribution < 1.29 is 4.42 Å². The van der Waals surface area contributed by atoms with Gasteiger partial charge in [-0.05, 0) is 36.2 Å². The molecule has 0 aliphatic carbocycles. The zero-order valence-corrected chi connectivity index (χ0v) is 16.3. The quantitative estimate of drug-likeness (QED) is 0.364. The molecule has 0 unspecified atom stereocenters. The first-order valence-corrected chi connectivity index (χ1v) is 9.70. The van der Waals surface area contributed by atoms with Gasteiger partial charge in [0, 0.05) is 29.8 Å². The second kappa shape index (κ2) is 7.21. The molecule has 2 heterocycles. The summed E-state index contributed by atoms with van der Waals surface area (Å²) in [5.74, 6) is 1.29.